The highest BCUT2D eigenvalue weighted by atomic mass is 32.2. The molecule has 3 rings (SSSR count). The van der Waals surface area contributed by atoms with Crippen molar-refractivity contribution >= 4 is 21.6 Å². The molecule has 1 amide bonds. The molecular weight excluding hydrogens is 443 g/mol. The van der Waals surface area contributed by atoms with Crippen LogP contribution in [0.25, 0.3) is 0 Å². The predicted octanol–water partition coefficient (Wildman–Crippen LogP) is 3.36. The second-order valence-electron chi connectivity index (χ2n) is 7.72. The number of anilines is 1. The van der Waals surface area contributed by atoms with Crippen molar-refractivity contribution in [2.24, 2.45) is 5.92 Å². The van der Waals surface area contributed by atoms with Gasteiger partial charge in [0.25, 0.3) is 0 Å². The Kier molecular flexibility index (Phi) is 7.45. The molecule has 1 aliphatic heterocycles. The van der Waals surface area contributed by atoms with Gasteiger partial charge >= 0.3 is 6.18 Å². The first-order valence-corrected chi connectivity index (χ1v) is 11.7. The van der Waals surface area contributed by atoms with Crippen LogP contribution in [0.2, 0.25) is 0 Å². The summed E-state index contributed by atoms with van der Waals surface area (Å²) in [5, 5.41) is 2.87. The molecule has 1 saturated heterocycles. The van der Waals surface area contributed by atoms with Crippen LogP contribution in [0.1, 0.15) is 18.4 Å². The van der Waals surface area contributed by atoms with Crippen LogP contribution in [0, 0.1) is 5.92 Å². The second-order valence-corrected chi connectivity index (χ2v) is 9.63. The van der Waals surface area contributed by atoms with Crippen LogP contribution < -0.4 is 10.2 Å². The number of para-hydroxylation sites is 1. The lowest BCUT2D eigenvalue weighted by Gasteiger charge is -2.31. The van der Waals surface area contributed by atoms with Crippen LogP contribution in [0.15, 0.2) is 59.5 Å². The summed E-state index contributed by atoms with van der Waals surface area (Å²) >= 11 is 0. The van der Waals surface area contributed by atoms with E-state index in [1.165, 1.54) is 6.07 Å². The molecule has 2 aromatic carbocycles. The Morgan fingerprint density at radius 2 is 1.66 bits per heavy atom. The van der Waals surface area contributed by atoms with Crippen molar-refractivity contribution in [3.8, 4) is 0 Å². The molecule has 174 valence electrons. The molecule has 0 bridgehead atoms. The van der Waals surface area contributed by atoms with Crippen molar-refractivity contribution in [1.29, 1.82) is 0 Å². The summed E-state index contributed by atoms with van der Waals surface area (Å²) in [6.07, 6.45) is -4.25. The largest absolute Gasteiger partial charge is 0.417 e. The fourth-order valence-electron chi connectivity index (χ4n) is 3.73. The zero-order chi connectivity index (χ0) is 23.4. The van der Waals surface area contributed by atoms with Gasteiger partial charge in [0, 0.05) is 44.8 Å². The fourth-order valence-corrected chi connectivity index (χ4v) is 5.41. The van der Waals surface area contributed by atoms with E-state index in [2.05, 4.69) is 5.32 Å². The average Bonchev–Trinajstić information content (AvgIpc) is 2.79. The molecule has 0 aromatic heterocycles. The molecule has 1 aliphatic rings. The molecule has 1 fully saturated rings. The summed E-state index contributed by atoms with van der Waals surface area (Å²) < 4.78 is 66.5. The number of hydrogen-bond donors (Lipinski definition) is 1. The summed E-state index contributed by atoms with van der Waals surface area (Å²) in [7, 11) is -2.39. The first-order valence-electron chi connectivity index (χ1n) is 10.3. The normalized spacial score (nSPS) is 16.0. The van der Waals surface area contributed by atoms with Crippen molar-refractivity contribution in [1.82, 2.24) is 9.62 Å². The molecule has 0 aliphatic carbocycles. The maximum atomic E-state index is 13.3. The molecular formula is C22H26F3N3O3S. The minimum Gasteiger partial charge on any atom is -0.373 e. The molecule has 10 heteroatoms. The van der Waals surface area contributed by atoms with Crippen LogP contribution in [0.4, 0.5) is 18.9 Å². The van der Waals surface area contributed by atoms with Gasteiger partial charge in [-0.15, -0.1) is 0 Å². The highest BCUT2D eigenvalue weighted by Crippen LogP contribution is 2.36. The summed E-state index contributed by atoms with van der Waals surface area (Å²) in [5.74, 6) is -0.541. The number of nitrogens with one attached hydrogen (secondary N) is 1. The predicted molar refractivity (Wildman–Crippen MR) is 116 cm³/mol. The van der Waals surface area contributed by atoms with Gasteiger partial charge in [-0.3, -0.25) is 4.79 Å². The van der Waals surface area contributed by atoms with Crippen molar-refractivity contribution in [3.63, 3.8) is 0 Å². The van der Waals surface area contributed by atoms with E-state index in [9.17, 15) is 26.4 Å². The molecule has 0 saturated carbocycles. The van der Waals surface area contributed by atoms with Gasteiger partial charge in [0.1, 0.15) is 0 Å². The number of likely N-dealkylation sites (N-methyl/N-ethyl adjacent to an activating group) is 1. The van der Waals surface area contributed by atoms with Crippen molar-refractivity contribution in [3.05, 3.63) is 60.2 Å². The maximum Gasteiger partial charge on any atom is 0.417 e. The Labute approximate surface area is 186 Å². The third-order valence-electron chi connectivity index (χ3n) is 5.58. The fraction of sp³-hybridized carbons (Fsp3) is 0.409. The van der Waals surface area contributed by atoms with Gasteiger partial charge in [0.15, 0.2) is 0 Å². The quantitative estimate of drug-likeness (QED) is 0.675. The Hall–Kier alpha value is -2.59. The van der Waals surface area contributed by atoms with Gasteiger partial charge in [0.2, 0.25) is 15.9 Å². The first-order chi connectivity index (χ1) is 15.1. The number of benzene rings is 2. The van der Waals surface area contributed by atoms with E-state index in [0.29, 0.717) is 13.1 Å². The minimum absolute atomic E-state index is 0.00344. The molecule has 0 unspecified atom stereocenters. The number of carbonyl (C=O) groups excluding carboxylic acids is 1. The van der Waals surface area contributed by atoms with E-state index in [1.54, 1.807) is 0 Å². The number of rotatable bonds is 7. The van der Waals surface area contributed by atoms with Gasteiger partial charge in [0.05, 0.1) is 10.5 Å². The number of hydrogen-bond acceptors (Lipinski definition) is 4. The summed E-state index contributed by atoms with van der Waals surface area (Å²) in [4.78, 5) is 13.7. The number of halogens is 3. The Balaban J connectivity index is 1.54. The Bertz CT molecular complexity index is 1020. The van der Waals surface area contributed by atoms with Crippen LogP contribution in [-0.4, -0.2) is 51.9 Å². The molecule has 32 heavy (non-hydrogen) atoms. The number of amides is 1. The van der Waals surface area contributed by atoms with Gasteiger partial charge < -0.3 is 10.2 Å². The molecule has 2 aromatic rings. The molecule has 1 N–H and O–H groups in total. The van der Waals surface area contributed by atoms with E-state index in [1.807, 2.05) is 42.3 Å². The van der Waals surface area contributed by atoms with E-state index in [-0.39, 0.29) is 37.8 Å². The number of alkyl halides is 3. The van der Waals surface area contributed by atoms with E-state index in [4.69, 9.17) is 0 Å². The number of nitrogens with zero attached hydrogens (tertiary/aromatic N) is 2. The van der Waals surface area contributed by atoms with E-state index in [0.717, 1.165) is 28.2 Å². The molecule has 0 radical (unpaired) electrons. The van der Waals surface area contributed by atoms with Crippen LogP contribution >= 0.6 is 0 Å². The molecule has 1 heterocycles. The molecule has 0 atom stereocenters. The monoisotopic (exact) mass is 469 g/mol. The Morgan fingerprint density at radius 3 is 2.28 bits per heavy atom. The maximum absolute atomic E-state index is 13.3. The lowest BCUT2D eigenvalue weighted by Crippen LogP contribution is -2.44. The lowest BCUT2D eigenvalue weighted by molar-refractivity contribution is -0.139. The second kappa shape index (κ2) is 9.91. The average molecular weight is 470 g/mol. The first kappa shape index (κ1) is 24.1. The third-order valence-corrected chi connectivity index (χ3v) is 7.54. The van der Waals surface area contributed by atoms with Gasteiger partial charge in [-0.05, 0) is 37.1 Å². The van der Waals surface area contributed by atoms with Crippen LogP contribution in [0.3, 0.4) is 0 Å². The molecule has 0 spiro atoms. The van der Waals surface area contributed by atoms with E-state index < -0.39 is 26.7 Å². The SMILES string of the molecule is CN(CCNC(=O)C1CCN(S(=O)(=O)c2ccccc2C(F)(F)F)CC1)c1ccccc1. The summed E-state index contributed by atoms with van der Waals surface area (Å²) in [5.41, 5.74) is -0.151. The smallest absolute Gasteiger partial charge is 0.373 e. The highest BCUT2D eigenvalue weighted by Gasteiger charge is 2.40. The van der Waals surface area contributed by atoms with Crippen molar-refractivity contribution < 1.29 is 26.4 Å². The Morgan fingerprint density at radius 1 is 1.06 bits per heavy atom. The van der Waals surface area contributed by atoms with Gasteiger partial charge in [-0.1, -0.05) is 30.3 Å². The number of sulfonamides is 1. The summed E-state index contributed by atoms with van der Waals surface area (Å²) in [6, 6.07) is 13.9. The van der Waals surface area contributed by atoms with Gasteiger partial charge in [-0.25, -0.2) is 8.42 Å². The van der Waals surface area contributed by atoms with Crippen molar-refractivity contribution in [2.45, 2.75) is 23.9 Å². The number of piperidine rings is 1. The zero-order valence-corrected chi connectivity index (χ0v) is 18.5. The van der Waals surface area contributed by atoms with Crippen LogP contribution in [-0.2, 0) is 21.0 Å². The standard InChI is InChI=1S/C22H26F3N3O3S/c1-27(18-7-3-2-4-8-18)16-13-26-21(29)17-11-14-28(15-12-17)32(30,31)20-10-6-5-9-19(20)22(23,24)25/h2-10,17H,11-16H2,1H3,(H,26,29). The number of carbonyl (C=O) groups is 1. The van der Waals surface area contributed by atoms with E-state index >= 15 is 0 Å². The molecule has 6 nitrogen and oxygen atoms in total. The zero-order valence-electron chi connectivity index (χ0n) is 17.7. The minimum atomic E-state index is -4.77. The summed E-state index contributed by atoms with van der Waals surface area (Å²) in [6.45, 7) is 1.03. The lowest BCUT2D eigenvalue weighted by atomic mass is 9.97. The third kappa shape index (κ3) is 5.60. The topological polar surface area (TPSA) is 69.7 Å². The van der Waals surface area contributed by atoms with Crippen molar-refractivity contribution in [2.75, 3.05) is 38.1 Å². The van der Waals surface area contributed by atoms with Crippen LogP contribution in [0.5, 0.6) is 0 Å². The van der Waals surface area contributed by atoms with Gasteiger partial charge in [-0.2, -0.15) is 17.5 Å². The highest BCUT2D eigenvalue weighted by molar-refractivity contribution is 7.89.